The number of carbonyl (C=O) groups excluding carboxylic acids is 1. The van der Waals surface area contributed by atoms with Gasteiger partial charge >= 0.3 is 0 Å². The van der Waals surface area contributed by atoms with Crippen molar-refractivity contribution in [3.8, 4) is 5.69 Å². The normalized spacial score (nSPS) is 10.8. The Bertz CT molecular complexity index is 843. The lowest BCUT2D eigenvalue weighted by Gasteiger charge is -2.05. The zero-order valence-electron chi connectivity index (χ0n) is 12.1. The molecule has 5 nitrogen and oxygen atoms in total. The highest BCUT2D eigenvalue weighted by Gasteiger charge is 2.09. The van der Waals surface area contributed by atoms with Crippen LogP contribution in [0.4, 0.5) is 0 Å². The fourth-order valence-corrected chi connectivity index (χ4v) is 2.30. The van der Waals surface area contributed by atoms with E-state index in [1.54, 1.807) is 18.3 Å². The summed E-state index contributed by atoms with van der Waals surface area (Å²) in [5.41, 5.74) is 4.59. The zero-order valence-corrected chi connectivity index (χ0v) is 12.8. The van der Waals surface area contributed by atoms with Gasteiger partial charge in [0.2, 0.25) is 0 Å². The van der Waals surface area contributed by atoms with Crippen LogP contribution in [0, 0.1) is 0 Å². The van der Waals surface area contributed by atoms with Crippen molar-refractivity contribution in [2.45, 2.75) is 0 Å². The highest BCUT2D eigenvalue weighted by molar-refractivity contribution is 6.32. The third kappa shape index (κ3) is 3.46. The molecule has 23 heavy (non-hydrogen) atoms. The van der Waals surface area contributed by atoms with Crippen molar-refractivity contribution >= 4 is 23.7 Å². The summed E-state index contributed by atoms with van der Waals surface area (Å²) in [5, 5.41) is 4.13. The molecule has 0 saturated carbocycles. The molecule has 3 rings (SSSR count). The second-order valence-corrected chi connectivity index (χ2v) is 5.04. The van der Waals surface area contributed by atoms with Gasteiger partial charge in [0, 0.05) is 18.1 Å². The summed E-state index contributed by atoms with van der Waals surface area (Å²) in [6.45, 7) is 0. The Morgan fingerprint density at radius 2 is 1.96 bits per heavy atom. The number of carbonyl (C=O) groups is 1. The Kier molecular flexibility index (Phi) is 4.49. The van der Waals surface area contributed by atoms with Crippen LogP contribution < -0.4 is 5.43 Å². The topological polar surface area (TPSA) is 59.3 Å². The standard InChI is InChI=1S/C17H13ClN4O/c18-16-15(9-4-10-19-16)17(23)21-20-12-14-8-5-11-22(14)13-6-2-1-3-7-13/h1-12H,(H,21,23). The number of benzene rings is 1. The fourth-order valence-electron chi connectivity index (χ4n) is 2.10. The van der Waals surface area contributed by atoms with E-state index in [9.17, 15) is 4.79 Å². The third-order valence-electron chi connectivity index (χ3n) is 3.18. The summed E-state index contributed by atoms with van der Waals surface area (Å²) in [6, 6.07) is 16.9. The van der Waals surface area contributed by atoms with Gasteiger partial charge < -0.3 is 4.57 Å². The molecule has 1 amide bonds. The number of halogens is 1. The largest absolute Gasteiger partial charge is 0.316 e. The first-order chi connectivity index (χ1) is 11.3. The average molecular weight is 325 g/mol. The Hall–Kier alpha value is -2.92. The van der Waals surface area contributed by atoms with E-state index in [1.807, 2.05) is 53.2 Å². The lowest BCUT2D eigenvalue weighted by Crippen LogP contribution is -2.18. The van der Waals surface area contributed by atoms with Gasteiger partial charge in [0.1, 0.15) is 5.15 Å². The first-order valence-corrected chi connectivity index (χ1v) is 7.30. The Morgan fingerprint density at radius 1 is 1.13 bits per heavy atom. The van der Waals surface area contributed by atoms with Crippen LogP contribution in [0.1, 0.15) is 16.1 Å². The maximum atomic E-state index is 12.0. The molecule has 0 aliphatic heterocycles. The number of hydrogen-bond acceptors (Lipinski definition) is 3. The number of nitrogens with one attached hydrogen (secondary N) is 1. The minimum Gasteiger partial charge on any atom is -0.316 e. The van der Waals surface area contributed by atoms with Crippen molar-refractivity contribution < 1.29 is 4.79 Å². The maximum Gasteiger partial charge on any atom is 0.274 e. The summed E-state index contributed by atoms with van der Waals surface area (Å²) >= 11 is 5.87. The van der Waals surface area contributed by atoms with Gasteiger partial charge in [-0.25, -0.2) is 10.4 Å². The number of hydrazone groups is 1. The van der Waals surface area contributed by atoms with Gasteiger partial charge in [0.05, 0.1) is 17.5 Å². The van der Waals surface area contributed by atoms with E-state index in [2.05, 4.69) is 15.5 Å². The van der Waals surface area contributed by atoms with Gasteiger partial charge in [-0.05, 0) is 36.4 Å². The van der Waals surface area contributed by atoms with Crippen molar-refractivity contribution in [1.29, 1.82) is 0 Å². The van der Waals surface area contributed by atoms with Crippen LogP contribution in [-0.4, -0.2) is 21.7 Å². The predicted molar refractivity (Wildman–Crippen MR) is 90.1 cm³/mol. The quantitative estimate of drug-likeness (QED) is 0.455. The Labute approximate surface area is 138 Å². The molecule has 0 aliphatic rings. The van der Waals surface area contributed by atoms with Gasteiger partial charge in [0.15, 0.2) is 0 Å². The monoisotopic (exact) mass is 324 g/mol. The molecular weight excluding hydrogens is 312 g/mol. The summed E-state index contributed by atoms with van der Waals surface area (Å²) < 4.78 is 1.96. The molecule has 0 spiro atoms. The van der Waals surface area contributed by atoms with E-state index in [4.69, 9.17) is 11.6 Å². The van der Waals surface area contributed by atoms with Crippen LogP contribution in [0.5, 0.6) is 0 Å². The van der Waals surface area contributed by atoms with Crippen LogP contribution in [0.2, 0.25) is 5.15 Å². The molecule has 114 valence electrons. The Balaban J connectivity index is 1.74. The number of aromatic nitrogens is 2. The van der Waals surface area contributed by atoms with Crippen LogP contribution in [0.15, 0.2) is 72.1 Å². The number of amides is 1. The van der Waals surface area contributed by atoms with Crippen molar-refractivity contribution in [3.63, 3.8) is 0 Å². The van der Waals surface area contributed by atoms with E-state index in [0.29, 0.717) is 0 Å². The molecule has 1 aromatic carbocycles. The number of pyridine rings is 1. The first kappa shape index (κ1) is 15.0. The number of hydrogen-bond donors (Lipinski definition) is 1. The van der Waals surface area contributed by atoms with E-state index < -0.39 is 5.91 Å². The van der Waals surface area contributed by atoms with Crippen LogP contribution in [0.3, 0.4) is 0 Å². The molecule has 0 saturated heterocycles. The second-order valence-electron chi connectivity index (χ2n) is 4.68. The molecule has 0 bridgehead atoms. The van der Waals surface area contributed by atoms with E-state index in [1.165, 1.54) is 6.20 Å². The maximum absolute atomic E-state index is 12.0. The van der Waals surface area contributed by atoms with Crippen LogP contribution in [-0.2, 0) is 0 Å². The molecule has 0 aliphatic carbocycles. The van der Waals surface area contributed by atoms with E-state index in [-0.39, 0.29) is 10.7 Å². The van der Waals surface area contributed by atoms with Crippen molar-refractivity contribution in [3.05, 3.63) is 83.4 Å². The Morgan fingerprint density at radius 3 is 2.74 bits per heavy atom. The second kappa shape index (κ2) is 6.89. The van der Waals surface area contributed by atoms with Gasteiger partial charge in [-0.15, -0.1) is 0 Å². The van der Waals surface area contributed by atoms with Gasteiger partial charge in [-0.2, -0.15) is 5.10 Å². The fraction of sp³-hybridized carbons (Fsp3) is 0. The predicted octanol–water partition coefficient (Wildman–Crippen LogP) is 3.29. The summed E-state index contributed by atoms with van der Waals surface area (Å²) in [6.07, 6.45) is 5.03. The van der Waals surface area contributed by atoms with Crippen LogP contribution in [0.25, 0.3) is 5.69 Å². The van der Waals surface area contributed by atoms with Gasteiger partial charge in [-0.3, -0.25) is 4.79 Å². The molecular formula is C17H13ClN4O. The smallest absolute Gasteiger partial charge is 0.274 e. The van der Waals surface area contributed by atoms with Crippen molar-refractivity contribution in [2.24, 2.45) is 5.10 Å². The first-order valence-electron chi connectivity index (χ1n) is 6.92. The van der Waals surface area contributed by atoms with Crippen molar-refractivity contribution in [1.82, 2.24) is 15.0 Å². The zero-order chi connectivity index (χ0) is 16.1. The molecule has 2 heterocycles. The van der Waals surface area contributed by atoms with Gasteiger partial charge in [-0.1, -0.05) is 29.8 Å². The number of rotatable bonds is 4. The number of para-hydroxylation sites is 1. The highest BCUT2D eigenvalue weighted by atomic mass is 35.5. The van der Waals surface area contributed by atoms with E-state index >= 15 is 0 Å². The average Bonchev–Trinajstić information content (AvgIpc) is 3.04. The summed E-state index contributed by atoms with van der Waals surface area (Å²) in [5.74, 6) is -0.405. The summed E-state index contributed by atoms with van der Waals surface area (Å²) in [4.78, 5) is 15.9. The molecule has 2 aromatic heterocycles. The lowest BCUT2D eigenvalue weighted by atomic mass is 10.3. The molecule has 0 fully saturated rings. The van der Waals surface area contributed by atoms with Crippen molar-refractivity contribution in [2.75, 3.05) is 0 Å². The highest BCUT2D eigenvalue weighted by Crippen LogP contribution is 2.12. The van der Waals surface area contributed by atoms with E-state index in [0.717, 1.165) is 11.4 Å². The molecule has 3 aromatic rings. The minimum atomic E-state index is -0.405. The molecule has 0 radical (unpaired) electrons. The van der Waals surface area contributed by atoms with Crippen LogP contribution >= 0.6 is 11.6 Å². The van der Waals surface area contributed by atoms with Gasteiger partial charge in [0.25, 0.3) is 5.91 Å². The molecule has 0 unspecified atom stereocenters. The minimum absolute atomic E-state index is 0.146. The lowest BCUT2D eigenvalue weighted by molar-refractivity contribution is 0.0955. The molecule has 0 atom stereocenters. The third-order valence-corrected chi connectivity index (χ3v) is 3.48. The molecule has 6 heteroatoms. The molecule has 1 N–H and O–H groups in total. The SMILES string of the molecule is O=C(NN=Cc1cccn1-c1ccccc1)c1cccnc1Cl. The number of nitrogens with zero attached hydrogens (tertiary/aromatic N) is 3. The summed E-state index contributed by atoms with van der Waals surface area (Å²) in [7, 11) is 0.